The Labute approximate surface area is 129 Å². The fraction of sp³-hybridized carbons (Fsp3) is 0.214. The van der Waals surface area contributed by atoms with Gasteiger partial charge in [0.2, 0.25) is 0 Å². The van der Waals surface area contributed by atoms with Gasteiger partial charge in [0.25, 0.3) is 5.91 Å². The second-order valence-electron chi connectivity index (χ2n) is 4.58. The molecule has 1 aromatic carbocycles. The fourth-order valence-electron chi connectivity index (χ4n) is 1.98. The van der Waals surface area contributed by atoms with Crippen LogP contribution in [0.3, 0.4) is 0 Å². The second-order valence-corrected chi connectivity index (χ2v) is 5.89. The summed E-state index contributed by atoms with van der Waals surface area (Å²) in [6, 6.07) is 7.13. The second kappa shape index (κ2) is 6.30. The summed E-state index contributed by atoms with van der Waals surface area (Å²) in [5.74, 6) is -0.164. The summed E-state index contributed by atoms with van der Waals surface area (Å²) < 4.78 is 8.22. The molecule has 0 radical (unpaired) electrons. The number of nitrogens with one attached hydrogen (secondary N) is 1. The highest BCUT2D eigenvalue weighted by Crippen LogP contribution is 2.18. The number of aromatic nitrogens is 2. The van der Waals surface area contributed by atoms with Crippen molar-refractivity contribution in [1.29, 1.82) is 0 Å². The van der Waals surface area contributed by atoms with Crippen LogP contribution in [0.15, 0.2) is 35.0 Å². The molecule has 1 atom stereocenters. The van der Waals surface area contributed by atoms with E-state index >= 15 is 0 Å². The monoisotopic (exact) mass is 319 g/mol. The maximum atomic E-state index is 12.0. The van der Waals surface area contributed by atoms with Crippen LogP contribution in [0.5, 0.6) is 0 Å². The van der Waals surface area contributed by atoms with Crippen LogP contribution in [0.1, 0.15) is 28.4 Å². The zero-order valence-electron chi connectivity index (χ0n) is 11.0. The lowest BCUT2D eigenvalue weighted by atomic mass is 10.1. The molecular weight excluding hydrogens is 306 g/mol. The van der Waals surface area contributed by atoms with Crippen LogP contribution in [0.25, 0.3) is 11.0 Å². The zero-order valence-corrected chi connectivity index (χ0v) is 12.7. The lowest BCUT2D eigenvalue weighted by Crippen LogP contribution is -2.25. The molecule has 1 amide bonds. The molecule has 2 heterocycles. The molecule has 21 heavy (non-hydrogen) atoms. The van der Waals surface area contributed by atoms with Crippen molar-refractivity contribution in [3.8, 4) is 0 Å². The average molecular weight is 319 g/mol. The molecule has 2 aromatic heterocycles. The topological polar surface area (TPSA) is 75.1 Å². The maximum absolute atomic E-state index is 12.0. The van der Waals surface area contributed by atoms with Gasteiger partial charge in [-0.25, -0.2) is 0 Å². The summed E-state index contributed by atoms with van der Waals surface area (Å²) in [6.07, 6.45) is -0.0510. The SMILES string of the molecule is O=C(NCC[C@@H](O)c1ccsc1)c1ccc2nsnc2c1. The molecule has 0 saturated heterocycles. The number of rotatable bonds is 5. The quantitative estimate of drug-likeness (QED) is 0.758. The largest absolute Gasteiger partial charge is 0.388 e. The number of nitrogens with zero attached hydrogens (tertiary/aromatic N) is 2. The predicted octanol–water partition coefficient (Wildman–Crippen LogP) is 2.61. The smallest absolute Gasteiger partial charge is 0.251 e. The number of amides is 1. The molecule has 108 valence electrons. The number of hydrogen-bond acceptors (Lipinski definition) is 6. The molecular formula is C14H13N3O2S2. The maximum Gasteiger partial charge on any atom is 0.251 e. The first kappa shape index (κ1) is 14.1. The van der Waals surface area contributed by atoms with Gasteiger partial charge in [0.15, 0.2) is 0 Å². The van der Waals surface area contributed by atoms with Crippen LogP contribution in [-0.4, -0.2) is 26.3 Å². The Morgan fingerprint density at radius 1 is 1.29 bits per heavy atom. The van der Waals surface area contributed by atoms with E-state index in [2.05, 4.69) is 14.1 Å². The first-order valence-corrected chi connectivity index (χ1v) is 8.12. The van der Waals surface area contributed by atoms with Gasteiger partial charge < -0.3 is 10.4 Å². The van der Waals surface area contributed by atoms with Gasteiger partial charge in [-0.05, 0) is 47.0 Å². The Hall–Kier alpha value is -1.83. The van der Waals surface area contributed by atoms with Gasteiger partial charge in [0.05, 0.1) is 17.8 Å². The van der Waals surface area contributed by atoms with Crippen LogP contribution in [-0.2, 0) is 0 Å². The molecule has 3 rings (SSSR count). The van der Waals surface area contributed by atoms with Crippen molar-refractivity contribution in [3.05, 3.63) is 46.2 Å². The highest BCUT2D eigenvalue weighted by atomic mass is 32.1. The molecule has 0 bridgehead atoms. The number of hydrogen-bond donors (Lipinski definition) is 2. The van der Waals surface area contributed by atoms with Crippen LogP contribution < -0.4 is 5.32 Å². The number of carbonyl (C=O) groups is 1. The van der Waals surface area contributed by atoms with E-state index < -0.39 is 6.10 Å². The molecule has 3 aromatic rings. The first-order valence-electron chi connectivity index (χ1n) is 6.45. The van der Waals surface area contributed by atoms with Crippen molar-refractivity contribution in [2.75, 3.05) is 6.54 Å². The first-order chi connectivity index (χ1) is 10.2. The molecule has 0 saturated carbocycles. The standard InChI is InChI=1S/C14H13N3O2S2/c18-13(10-4-6-20-8-10)3-5-15-14(19)9-1-2-11-12(7-9)17-21-16-11/h1-2,4,6-8,13,18H,3,5H2,(H,15,19)/t13-/m1/s1. The molecule has 0 fully saturated rings. The molecule has 0 aliphatic heterocycles. The molecule has 0 spiro atoms. The fourth-order valence-corrected chi connectivity index (χ4v) is 3.20. The average Bonchev–Trinajstić information content (AvgIpc) is 3.17. The Balaban J connectivity index is 1.56. The number of carbonyl (C=O) groups excluding carboxylic acids is 1. The molecule has 0 aliphatic rings. The Morgan fingerprint density at radius 3 is 2.95 bits per heavy atom. The Kier molecular flexibility index (Phi) is 4.23. The minimum atomic E-state index is -0.540. The van der Waals surface area contributed by atoms with E-state index in [4.69, 9.17) is 0 Å². The lowest BCUT2D eigenvalue weighted by Gasteiger charge is -2.10. The third-order valence-corrected chi connectivity index (χ3v) is 4.41. The van der Waals surface area contributed by atoms with E-state index in [0.717, 1.165) is 28.3 Å². The molecule has 2 N–H and O–H groups in total. The van der Waals surface area contributed by atoms with Crippen molar-refractivity contribution in [3.63, 3.8) is 0 Å². The zero-order chi connectivity index (χ0) is 14.7. The summed E-state index contributed by atoms with van der Waals surface area (Å²) in [5, 5.41) is 16.6. The minimum absolute atomic E-state index is 0.164. The highest BCUT2D eigenvalue weighted by molar-refractivity contribution is 7.08. The van der Waals surface area contributed by atoms with Gasteiger partial charge in [0, 0.05) is 12.1 Å². The van der Waals surface area contributed by atoms with E-state index in [-0.39, 0.29) is 5.91 Å². The summed E-state index contributed by atoms with van der Waals surface area (Å²) in [7, 11) is 0. The number of aliphatic hydroxyl groups is 1. The van der Waals surface area contributed by atoms with Crippen molar-refractivity contribution < 1.29 is 9.90 Å². The van der Waals surface area contributed by atoms with Gasteiger partial charge in [0.1, 0.15) is 11.0 Å². The van der Waals surface area contributed by atoms with Crippen molar-refractivity contribution in [1.82, 2.24) is 14.1 Å². The summed E-state index contributed by atoms with van der Waals surface area (Å²) in [5.41, 5.74) is 2.97. The third-order valence-electron chi connectivity index (χ3n) is 3.15. The Bertz CT molecular complexity index is 740. The number of thiophene rings is 1. The lowest BCUT2D eigenvalue weighted by molar-refractivity contribution is 0.0943. The van der Waals surface area contributed by atoms with E-state index in [0.29, 0.717) is 18.5 Å². The number of benzene rings is 1. The van der Waals surface area contributed by atoms with Gasteiger partial charge >= 0.3 is 0 Å². The van der Waals surface area contributed by atoms with Crippen LogP contribution in [0.4, 0.5) is 0 Å². The molecule has 7 heteroatoms. The molecule has 5 nitrogen and oxygen atoms in total. The Morgan fingerprint density at radius 2 is 2.14 bits per heavy atom. The predicted molar refractivity (Wildman–Crippen MR) is 83.6 cm³/mol. The van der Waals surface area contributed by atoms with E-state index in [1.165, 1.54) is 0 Å². The normalized spacial score (nSPS) is 12.4. The highest BCUT2D eigenvalue weighted by Gasteiger charge is 2.10. The van der Waals surface area contributed by atoms with Crippen LogP contribution >= 0.6 is 23.1 Å². The van der Waals surface area contributed by atoms with Crippen molar-refractivity contribution >= 4 is 40.0 Å². The van der Waals surface area contributed by atoms with Crippen molar-refractivity contribution in [2.24, 2.45) is 0 Å². The summed E-state index contributed by atoms with van der Waals surface area (Å²) in [6.45, 7) is 0.420. The molecule has 0 unspecified atom stereocenters. The van der Waals surface area contributed by atoms with E-state index in [9.17, 15) is 9.90 Å². The van der Waals surface area contributed by atoms with Crippen molar-refractivity contribution in [2.45, 2.75) is 12.5 Å². The van der Waals surface area contributed by atoms with Crippen LogP contribution in [0, 0.1) is 0 Å². The van der Waals surface area contributed by atoms with E-state index in [1.807, 2.05) is 16.8 Å². The number of aliphatic hydroxyl groups excluding tert-OH is 1. The third kappa shape index (κ3) is 3.26. The minimum Gasteiger partial charge on any atom is -0.388 e. The van der Waals surface area contributed by atoms with Crippen LogP contribution in [0.2, 0.25) is 0 Å². The molecule has 0 aliphatic carbocycles. The summed E-state index contributed by atoms with van der Waals surface area (Å²) >= 11 is 2.68. The summed E-state index contributed by atoms with van der Waals surface area (Å²) in [4.78, 5) is 12.0. The van der Waals surface area contributed by atoms with Gasteiger partial charge in [-0.1, -0.05) is 0 Å². The number of fused-ring (bicyclic) bond motifs is 1. The van der Waals surface area contributed by atoms with Gasteiger partial charge in [-0.2, -0.15) is 20.1 Å². The van der Waals surface area contributed by atoms with Gasteiger partial charge in [-0.3, -0.25) is 4.79 Å². The van der Waals surface area contributed by atoms with E-state index in [1.54, 1.807) is 29.5 Å². The van der Waals surface area contributed by atoms with Gasteiger partial charge in [-0.15, -0.1) is 0 Å².